The minimum Gasteiger partial charge on any atom is -0.339 e. The third kappa shape index (κ3) is 4.01. The molecule has 0 radical (unpaired) electrons. The fraction of sp³-hybridized carbons (Fsp3) is 0.0625. The van der Waals surface area contributed by atoms with Gasteiger partial charge in [-0.2, -0.15) is 10.1 Å². The fourth-order valence-corrected chi connectivity index (χ4v) is 2.23. The smallest absolute Gasteiger partial charge is 0.249 e. The van der Waals surface area contributed by atoms with Crippen LogP contribution in [0.5, 0.6) is 0 Å². The van der Waals surface area contributed by atoms with Crippen molar-refractivity contribution in [2.24, 2.45) is 0 Å². The largest absolute Gasteiger partial charge is 0.339 e. The van der Waals surface area contributed by atoms with E-state index in [-0.39, 0.29) is 11.8 Å². The van der Waals surface area contributed by atoms with E-state index in [0.717, 1.165) is 15.7 Å². The third-order valence-electron chi connectivity index (χ3n) is 3.07. The molecule has 0 fully saturated rings. The summed E-state index contributed by atoms with van der Waals surface area (Å²) >= 11 is 3.46. The summed E-state index contributed by atoms with van der Waals surface area (Å²) in [6.45, 7) is 2.00. The number of nitrogens with zero attached hydrogens (tertiary/aromatic N) is 3. The summed E-state index contributed by atoms with van der Waals surface area (Å²) in [5.74, 6) is 0.498. The molecule has 0 spiro atoms. The van der Waals surface area contributed by atoms with Crippen molar-refractivity contribution in [1.29, 1.82) is 0 Å². The monoisotopic (exact) mass is 373 g/mol. The van der Waals surface area contributed by atoms with Crippen LogP contribution in [0.4, 0.5) is 27.5 Å². The van der Waals surface area contributed by atoms with Gasteiger partial charge < -0.3 is 10.6 Å². The molecule has 2 aromatic carbocycles. The molecule has 0 bridgehead atoms. The molecular formula is C16H13BrFN5. The standard InChI is InChI=1S/C16H13BrFN5/c1-10-7-13(5-6-14(10)17)20-15-9-19-23-16(22-15)21-12-4-2-3-11(18)8-12/h2-9H,1H3,(H2,20,21,22,23). The van der Waals surface area contributed by atoms with Gasteiger partial charge in [0.05, 0.1) is 6.20 Å². The van der Waals surface area contributed by atoms with Crippen molar-refractivity contribution in [3.63, 3.8) is 0 Å². The highest BCUT2D eigenvalue weighted by molar-refractivity contribution is 9.10. The molecule has 7 heteroatoms. The van der Waals surface area contributed by atoms with Gasteiger partial charge in [0.15, 0.2) is 5.82 Å². The van der Waals surface area contributed by atoms with Gasteiger partial charge in [-0.3, -0.25) is 0 Å². The number of aryl methyl sites for hydroxylation is 1. The number of rotatable bonds is 4. The van der Waals surface area contributed by atoms with E-state index in [1.165, 1.54) is 18.3 Å². The molecule has 3 aromatic rings. The molecule has 5 nitrogen and oxygen atoms in total. The van der Waals surface area contributed by atoms with Crippen LogP contribution in [0.2, 0.25) is 0 Å². The molecule has 116 valence electrons. The summed E-state index contributed by atoms with van der Waals surface area (Å²) in [6, 6.07) is 11.9. The van der Waals surface area contributed by atoms with Crippen molar-refractivity contribution in [3.05, 3.63) is 64.5 Å². The Labute approximate surface area is 141 Å². The van der Waals surface area contributed by atoms with Gasteiger partial charge in [0.1, 0.15) is 5.82 Å². The maximum atomic E-state index is 13.2. The second kappa shape index (κ2) is 6.70. The van der Waals surface area contributed by atoms with Crippen molar-refractivity contribution in [1.82, 2.24) is 15.2 Å². The summed E-state index contributed by atoms with van der Waals surface area (Å²) in [7, 11) is 0. The van der Waals surface area contributed by atoms with Crippen LogP contribution in [0, 0.1) is 12.7 Å². The van der Waals surface area contributed by atoms with Crippen molar-refractivity contribution >= 4 is 39.1 Å². The van der Waals surface area contributed by atoms with Gasteiger partial charge in [-0.15, -0.1) is 5.10 Å². The topological polar surface area (TPSA) is 62.7 Å². The third-order valence-corrected chi connectivity index (χ3v) is 3.96. The van der Waals surface area contributed by atoms with Crippen molar-refractivity contribution in [3.8, 4) is 0 Å². The van der Waals surface area contributed by atoms with Crippen molar-refractivity contribution in [2.45, 2.75) is 6.92 Å². The van der Waals surface area contributed by atoms with Gasteiger partial charge in [0.25, 0.3) is 0 Å². The molecule has 0 amide bonds. The number of anilines is 4. The maximum Gasteiger partial charge on any atom is 0.249 e. The van der Waals surface area contributed by atoms with E-state index in [9.17, 15) is 4.39 Å². The summed E-state index contributed by atoms with van der Waals surface area (Å²) in [5, 5.41) is 13.9. The Morgan fingerprint density at radius 2 is 1.87 bits per heavy atom. The number of nitrogens with one attached hydrogen (secondary N) is 2. The van der Waals surface area contributed by atoms with Crippen LogP contribution < -0.4 is 10.6 Å². The Bertz CT molecular complexity index is 840. The van der Waals surface area contributed by atoms with E-state index in [1.807, 2.05) is 25.1 Å². The molecule has 0 aliphatic rings. The summed E-state index contributed by atoms with van der Waals surface area (Å²) in [4.78, 5) is 4.32. The zero-order chi connectivity index (χ0) is 16.2. The molecule has 0 unspecified atom stereocenters. The Morgan fingerprint density at radius 1 is 1.04 bits per heavy atom. The van der Waals surface area contributed by atoms with E-state index in [4.69, 9.17) is 0 Å². The normalized spacial score (nSPS) is 10.4. The molecule has 2 N–H and O–H groups in total. The van der Waals surface area contributed by atoms with Crippen LogP contribution in [0.1, 0.15) is 5.56 Å². The summed E-state index contributed by atoms with van der Waals surface area (Å²) < 4.78 is 14.2. The van der Waals surface area contributed by atoms with Crippen LogP contribution in [-0.2, 0) is 0 Å². The Kier molecular flexibility index (Phi) is 4.47. The molecule has 0 saturated heterocycles. The second-order valence-corrected chi connectivity index (χ2v) is 5.74. The highest BCUT2D eigenvalue weighted by Crippen LogP contribution is 2.22. The SMILES string of the molecule is Cc1cc(Nc2cnnc(Nc3cccc(F)c3)n2)ccc1Br. The first-order valence-corrected chi connectivity index (χ1v) is 7.65. The summed E-state index contributed by atoms with van der Waals surface area (Å²) in [5.41, 5.74) is 2.56. The average Bonchev–Trinajstić information content (AvgIpc) is 2.51. The lowest BCUT2D eigenvalue weighted by Crippen LogP contribution is -2.02. The van der Waals surface area contributed by atoms with E-state index in [0.29, 0.717) is 11.5 Å². The molecule has 0 aliphatic heterocycles. The van der Waals surface area contributed by atoms with Crippen LogP contribution in [0.25, 0.3) is 0 Å². The van der Waals surface area contributed by atoms with Gasteiger partial charge >= 0.3 is 0 Å². The Hall–Kier alpha value is -2.54. The Morgan fingerprint density at radius 3 is 2.65 bits per heavy atom. The number of benzene rings is 2. The van der Waals surface area contributed by atoms with E-state index in [2.05, 4.69) is 41.7 Å². The van der Waals surface area contributed by atoms with Crippen molar-refractivity contribution < 1.29 is 4.39 Å². The van der Waals surface area contributed by atoms with Gasteiger partial charge in [0.2, 0.25) is 5.95 Å². The first kappa shape index (κ1) is 15.4. The first-order chi connectivity index (χ1) is 11.1. The van der Waals surface area contributed by atoms with Gasteiger partial charge in [-0.25, -0.2) is 4.39 Å². The van der Waals surface area contributed by atoms with Gasteiger partial charge in [-0.1, -0.05) is 22.0 Å². The lowest BCUT2D eigenvalue weighted by atomic mass is 10.2. The molecule has 1 heterocycles. The number of aromatic nitrogens is 3. The molecule has 23 heavy (non-hydrogen) atoms. The lowest BCUT2D eigenvalue weighted by Gasteiger charge is -2.09. The average molecular weight is 374 g/mol. The lowest BCUT2D eigenvalue weighted by molar-refractivity contribution is 0.628. The zero-order valence-electron chi connectivity index (χ0n) is 12.2. The molecule has 1 aromatic heterocycles. The molecule has 3 rings (SSSR count). The second-order valence-electron chi connectivity index (χ2n) is 4.89. The minimum atomic E-state index is -0.331. The fourth-order valence-electron chi connectivity index (χ4n) is 1.98. The Balaban J connectivity index is 1.78. The number of hydrogen-bond donors (Lipinski definition) is 2. The van der Waals surface area contributed by atoms with Crippen LogP contribution in [-0.4, -0.2) is 15.2 Å². The number of hydrogen-bond acceptors (Lipinski definition) is 5. The highest BCUT2D eigenvalue weighted by atomic mass is 79.9. The zero-order valence-corrected chi connectivity index (χ0v) is 13.8. The van der Waals surface area contributed by atoms with Crippen LogP contribution >= 0.6 is 15.9 Å². The molecule has 0 atom stereocenters. The van der Waals surface area contributed by atoms with Crippen molar-refractivity contribution in [2.75, 3.05) is 10.6 Å². The minimum absolute atomic E-state index is 0.287. The summed E-state index contributed by atoms with van der Waals surface area (Å²) in [6.07, 6.45) is 1.52. The van der Waals surface area contributed by atoms with E-state index >= 15 is 0 Å². The first-order valence-electron chi connectivity index (χ1n) is 6.86. The number of halogens is 2. The quantitative estimate of drug-likeness (QED) is 0.701. The molecule has 0 saturated carbocycles. The van der Waals surface area contributed by atoms with Gasteiger partial charge in [0, 0.05) is 15.8 Å². The maximum absolute atomic E-state index is 13.2. The van der Waals surface area contributed by atoms with E-state index < -0.39 is 0 Å². The predicted octanol–water partition coefficient (Wildman–Crippen LogP) is 4.57. The van der Waals surface area contributed by atoms with Crippen LogP contribution in [0.15, 0.2) is 53.1 Å². The predicted molar refractivity (Wildman–Crippen MR) is 91.7 cm³/mol. The van der Waals surface area contributed by atoms with Gasteiger partial charge in [-0.05, 0) is 48.9 Å². The molecule has 0 aliphatic carbocycles. The van der Waals surface area contributed by atoms with Crippen LogP contribution in [0.3, 0.4) is 0 Å². The van der Waals surface area contributed by atoms with E-state index in [1.54, 1.807) is 12.1 Å². The highest BCUT2D eigenvalue weighted by Gasteiger charge is 2.04. The molecular weight excluding hydrogens is 361 g/mol.